The maximum absolute atomic E-state index is 10.2. The first-order chi connectivity index (χ1) is 10.6. The van der Waals surface area contributed by atoms with Crippen LogP contribution in [0.3, 0.4) is 0 Å². The Morgan fingerprint density at radius 3 is 2.64 bits per heavy atom. The molecule has 0 radical (unpaired) electrons. The van der Waals surface area contributed by atoms with Gasteiger partial charge < -0.3 is 10.4 Å². The predicted octanol–water partition coefficient (Wildman–Crippen LogP) is 5.39. The van der Waals surface area contributed by atoms with Gasteiger partial charge in [0.2, 0.25) is 0 Å². The van der Waals surface area contributed by atoms with E-state index in [0.717, 1.165) is 21.2 Å². The van der Waals surface area contributed by atoms with Crippen LogP contribution in [0.2, 0.25) is 0 Å². The van der Waals surface area contributed by atoms with E-state index in [-0.39, 0.29) is 5.75 Å². The van der Waals surface area contributed by atoms with Crippen molar-refractivity contribution in [2.45, 2.75) is 13.5 Å². The van der Waals surface area contributed by atoms with E-state index in [9.17, 15) is 5.11 Å². The molecule has 0 spiro atoms. The number of phenols is 1. The minimum absolute atomic E-state index is 0.163. The quantitative estimate of drug-likeness (QED) is 0.596. The van der Waals surface area contributed by atoms with Crippen molar-refractivity contribution in [2.75, 3.05) is 5.32 Å². The average molecular weight is 422 g/mol. The normalized spacial score (nSPS) is 10.9. The van der Waals surface area contributed by atoms with Gasteiger partial charge in [-0.3, -0.25) is 0 Å². The van der Waals surface area contributed by atoms with Crippen LogP contribution in [0.4, 0.5) is 5.69 Å². The molecule has 0 amide bonds. The van der Waals surface area contributed by atoms with E-state index in [0.29, 0.717) is 16.5 Å². The van der Waals surface area contributed by atoms with Crippen molar-refractivity contribution >= 4 is 48.5 Å². The Hall–Kier alpha value is -1.59. The number of nitrogens with zero attached hydrogens (tertiary/aromatic N) is 1. The molecule has 0 bridgehead atoms. The van der Waals surface area contributed by atoms with Crippen molar-refractivity contribution in [3.63, 3.8) is 0 Å². The number of anilines is 1. The molecule has 0 fully saturated rings. The van der Waals surface area contributed by atoms with Gasteiger partial charge in [0.15, 0.2) is 5.75 Å². The summed E-state index contributed by atoms with van der Waals surface area (Å²) in [6.45, 7) is 2.67. The second-order valence-electron chi connectivity index (χ2n) is 5.06. The van der Waals surface area contributed by atoms with Crippen LogP contribution in [0.5, 0.6) is 5.75 Å². The molecular formula is C17H14Br2N2O. The zero-order valence-electron chi connectivity index (χ0n) is 11.9. The number of benzene rings is 2. The van der Waals surface area contributed by atoms with Crippen LogP contribution in [0, 0.1) is 6.92 Å². The zero-order valence-corrected chi connectivity index (χ0v) is 15.1. The van der Waals surface area contributed by atoms with Crippen LogP contribution < -0.4 is 5.32 Å². The summed E-state index contributed by atoms with van der Waals surface area (Å²) in [7, 11) is 0. The molecule has 3 rings (SSSR count). The summed E-state index contributed by atoms with van der Waals surface area (Å²) in [5, 5.41) is 14.5. The largest absolute Gasteiger partial charge is 0.505 e. The fraction of sp³-hybridized carbons (Fsp3) is 0.118. The van der Waals surface area contributed by atoms with Crippen molar-refractivity contribution in [3.05, 3.63) is 62.7 Å². The number of halogens is 2. The Bertz CT molecular complexity index is 849. The number of aromatic nitrogens is 1. The van der Waals surface area contributed by atoms with Crippen molar-refractivity contribution in [1.29, 1.82) is 0 Å². The molecule has 0 atom stereocenters. The second kappa shape index (κ2) is 6.26. The molecule has 0 saturated carbocycles. The Balaban J connectivity index is 1.92. The van der Waals surface area contributed by atoms with Crippen LogP contribution in [-0.4, -0.2) is 10.1 Å². The maximum atomic E-state index is 10.2. The second-order valence-corrected chi connectivity index (χ2v) is 6.76. The molecule has 3 aromatic rings. The number of phenolic OH excluding ortho intramolecular Hbond substituents is 1. The summed E-state index contributed by atoms with van der Waals surface area (Å²) in [5.41, 5.74) is 3.74. The van der Waals surface area contributed by atoms with Gasteiger partial charge in [0.25, 0.3) is 0 Å². The molecule has 0 saturated heterocycles. The van der Waals surface area contributed by atoms with E-state index in [1.54, 1.807) is 0 Å². The fourth-order valence-corrected chi connectivity index (χ4v) is 3.57. The number of hydrogen-bond donors (Lipinski definition) is 2. The van der Waals surface area contributed by atoms with Gasteiger partial charge in [0.05, 0.1) is 16.7 Å². The monoisotopic (exact) mass is 420 g/mol. The van der Waals surface area contributed by atoms with E-state index in [1.165, 1.54) is 5.56 Å². The molecule has 1 heterocycles. The van der Waals surface area contributed by atoms with Gasteiger partial charge in [-0.05, 0) is 52.7 Å². The SMILES string of the molecule is Cc1ccccc1NCc1ccc2c(Br)cc(Br)c(O)c2n1. The smallest absolute Gasteiger partial charge is 0.156 e. The van der Waals surface area contributed by atoms with Crippen molar-refractivity contribution < 1.29 is 5.11 Å². The number of nitrogens with one attached hydrogen (secondary N) is 1. The van der Waals surface area contributed by atoms with E-state index < -0.39 is 0 Å². The number of aryl methyl sites for hydroxylation is 1. The Kier molecular flexibility index (Phi) is 4.36. The number of aromatic hydroxyl groups is 1. The van der Waals surface area contributed by atoms with Gasteiger partial charge in [-0.15, -0.1) is 0 Å². The maximum Gasteiger partial charge on any atom is 0.156 e. The highest BCUT2D eigenvalue weighted by Crippen LogP contribution is 2.36. The van der Waals surface area contributed by atoms with Gasteiger partial charge >= 0.3 is 0 Å². The first-order valence-corrected chi connectivity index (χ1v) is 8.41. The van der Waals surface area contributed by atoms with Crippen LogP contribution in [0.15, 0.2) is 51.4 Å². The molecule has 2 N–H and O–H groups in total. The molecule has 2 aromatic carbocycles. The van der Waals surface area contributed by atoms with Gasteiger partial charge in [0, 0.05) is 15.5 Å². The first-order valence-electron chi connectivity index (χ1n) is 6.82. The third-order valence-electron chi connectivity index (χ3n) is 3.52. The summed E-state index contributed by atoms with van der Waals surface area (Å²) in [6.07, 6.45) is 0. The minimum atomic E-state index is 0.163. The van der Waals surface area contributed by atoms with Crippen molar-refractivity contribution in [3.8, 4) is 5.75 Å². The van der Waals surface area contributed by atoms with Gasteiger partial charge in [-0.1, -0.05) is 34.1 Å². The Morgan fingerprint density at radius 1 is 1.09 bits per heavy atom. The van der Waals surface area contributed by atoms with Crippen LogP contribution in [-0.2, 0) is 6.54 Å². The fourth-order valence-electron chi connectivity index (χ4n) is 2.30. The number of pyridine rings is 1. The van der Waals surface area contributed by atoms with Crippen LogP contribution in [0.25, 0.3) is 10.9 Å². The molecule has 3 nitrogen and oxygen atoms in total. The minimum Gasteiger partial charge on any atom is -0.505 e. The lowest BCUT2D eigenvalue weighted by Gasteiger charge is -2.11. The molecule has 0 unspecified atom stereocenters. The highest BCUT2D eigenvalue weighted by molar-refractivity contribution is 9.11. The zero-order chi connectivity index (χ0) is 15.7. The molecule has 0 aliphatic carbocycles. The highest BCUT2D eigenvalue weighted by Gasteiger charge is 2.10. The van der Waals surface area contributed by atoms with E-state index in [4.69, 9.17) is 0 Å². The first kappa shape index (κ1) is 15.3. The summed E-state index contributed by atoms with van der Waals surface area (Å²) in [4.78, 5) is 4.57. The molecule has 22 heavy (non-hydrogen) atoms. The van der Waals surface area contributed by atoms with E-state index in [1.807, 2.05) is 36.4 Å². The van der Waals surface area contributed by atoms with Gasteiger partial charge in [-0.2, -0.15) is 0 Å². The van der Waals surface area contributed by atoms with E-state index in [2.05, 4.69) is 55.2 Å². The van der Waals surface area contributed by atoms with E-state index >= 15 is 0 Å². The lowest BCUT2D eigenvalue weighted by Crippen LogP contribution is -2.03. The topological polar surface area (TPSA) is 45.1 Å². The predicted molar refractivity (Wildman–Crippen MR) is 97.3 cm³/mol. The summed E-state index contributed by atoms with van der Waals surface area (Å²) < 4.78 is 1.53. The summed E-state index contributed by atoms with van der Waals surface area (Å²) in [6, 6.07) is 13.9. The molecule has 112 valence electrons. The van der Waals surface area contributed by atoms with Crippen LogP contribution >= 0.6 is 31.9 Å². The summed E-state index contributed by atoms with van der Waals surface area (Å²) in [5.74, 6) is 0.163. The molecule has 1 aromatic heterocycles. The highest BCUT2D eigenvalue weighted by atomic mass is 79.9. The van der Waals surface area contributed by atoms with Crippen molar-refractivity contribution in [2.24, 2.45) is 0 Å². The summed E-state index contributed by atoms with van der Waals surface area (Å²) >= 11 is 6.84. The molecule has 0 aliphatic rings. The number of hydrogen-bond acceptors (Lipinski definition) is 3. The lowest BCUT2D eigenvalue weighted by atomic mass is 10.1. The standard InChI is InChI=1S/C17H14Br2N2O/c1-10-4-2-3-5-15(10)20-9-11-6-7-12-13(18)8-14(19)17(22)16(12)21-11/h2-8,20,22H,9H2,1H3. The van der Waals surface area contributed by atoms with Gasteiger partial charge in [-0.25, -0.2) is 4.98 Å². The number of para-hydroxylation sites is 1. The Morgan fingerprint density at radius 2 is 1.86 bits per heavy atom. The van der Waals surface area contributed by atoms with Gasteiger partial charge in [0.1, 0.15) is 5.52 Å². The number of fused-ring (bicyclic) bond motifs is 1. The molecular weight excluding hydrogens is 408 g/mol. The third-order valence-corrected chi connectivity index (χ3v) is 4.78. The number of rotatable bonds is 3. The third kappa shape index (κ3) is 2.96. The average Bonchev–Trinajstić information content (AvgIpc) is 2.52. The molecule has 5 heteroatoms. The van der Waals surface area contributed by atoms with Crippen molar-refractivity contribution in [1.82, 2.24) is 4.98 Å². The molecule has 0 aliphatic heterocycles. The van der Waals surface area contributed by atoms with Crippen LogP contribution in [0.1, 0.15) is 11.3 Å². The lowest BCUT2D eigenvalue weighted by molar-refractivity contribution is 0.477. The Labute approximate surface area is 145 Å².